The Balaban J connectivity index is 2.03. The summed E-state index contributed by atoms with van der Waals surface area (Å²) >= 11 is 11.9. The maximum Gasteiger partial charge on any atom is 0.286 e. The van der Waals surface area contributed by atoms with Crippen molar-refractivity contribution in [1.29, 1.82) is 0 Å². The van der Waals surface area contributed by atoms with Crippen molar-refractivity contribution in [3.8, 4) is 11.6 Å². The Labute approximate surface area is 119 Å². The highest BCUT2D eigenvalue weighted by Gasteiger charge is 2.28. The summed E-state index contributed by atoms with van der Waals surface area (Å²) in [6.45, 7) is 0. The van der Waals surface area contributed by atoms with Gasteiger partial charge in [0.15, 0.2) is 5.75 Å². The Morgan fingerprint density at radius 2 is 2.05 bits per heavy atom. The summed E-state index contributed by atoms with van der Waals surface area (Å²) < 4.78 is 5.58. The summed E-state index contributed by atoms with van der Waals surface area (Å²) in [5.41, 5.74) is 0.552. The van der Waals surface area contributed by atoms with Gasteiger partial charge in [-0.2, -0.15) is 0 Å². The number of halogens is 2. The summed E-state index contributed by atoms with van der Waals surface area (Å²) in [4.78, 5) is 11.8. The van der Waals surface area contributed by atoms with Gasteiger partial charge in [-0.05, 0) is 30.4 Å². The highest BCUT2D eigenvalue weighted by atomic mass is 35.5. The van der Waals surface area contributed by atoms with Crippen LogP contribution in [-0.4, -0.2) is 10.2 Å². The molecule has 4 nitrogen and oxygen atoms in total. The van der Waals surface area contributed by atoms with Crippen molar-refractivity contribution in [2.75, 3.05) is 0 Å². The Morgan fingerprint density at radius 1 is 1.26 bits per heavy atom. The number of aromatic nitrogens is 2. The van der Waals surface area contributed by atoms with Crippen LogP contribution < -0.4 is 10.2 Å². The fourth-order valence-electron chi connectivity index (χ4n) is 1.88. The van der Waals surface area contributed by atoms with Crippen LogP contribution in [0.3, 0.4) is 0 Å². The quantitative estimate of drug-likeness (QED) is 0.938. The van der Waals surface area contributed by atoms with Crippen LogP contribution >= 0.6 is 23.2 Å². The second kappa shape index (κ2) is 4.87. The highest BCUT2D eigenvalue weighted by molar-refractivity contribution is 6.32. The van der Waals surface area contributed by atoms with Crippen molar-refractivity contribution in [3.05, 3.63) is 50.2 Å². The molecule has 0 radical (unpaired) electrons. The van der Waals surface area contributed by atoms with Gasteiger partial charge in [-0.25, -0.2) is 0 Å². The van der Waals surface area contributed by atoms with Gasteiger partial charge in [-0.1, -0.05) is 35.3 Å². The SMILES string of the molecule is O=c1c(Cl)c[nH]nc1Oc1c(Cl)cccc1C1CC1. The summed E-state index contributed by atoms with van der Waals surface area (Å²) in [6.07, 6.45) is 3.53. The zero-order valence-corrected chi connectivity index (χ0v) is 11.3. The van der Waals surface area contributed by atoms with Crippen LogP contribution in [0, 0.1) is 0 Å². The number of ether oxygens (including phenoxy) is 1. The zero-order chi connectivity index (χ0) is 13.4. The lowest BCUT2D eigenvalue weighted by Gasteiger charge is -2.11. The van der Waals surface area contributed by atoms with Crippen LogP contribution in [0.2, 0.25) is 10.0 Å². The average molecular weight is 297 g/mol. The molecule has 1 fully saturated rings. The van der Waals surface area contributed by atoms with E-state index in [2.05, 4.69) is 10.2 Å². The van der Waals surface area contributed by atoms with E-state index in [1.165, 1.54) is 6.20 Å². The first-order valence-electron chi connectivity index (χ1n) is 5.86. The van der Waals surface area contributed by atoms with E-state index in [1.54, 1.807) is 6.07 Å². The minimum absolute atomic E-state index is 0.0324. The Morgan fingerprint density at radius 3 is 2.79 bits per heavy atom. The molecule has 0 spiro atoms. The average Bonchev–Trinajstić information content (AvgIpc) is 3.21. The van der Waals surface area contributed by atoms with Crippen LogP contribution in [0.15, 0.2) is 29.2 Å². The molecule has 3 rings (SSSR count). The molecule has 1 aromatic heterocycles. The Hall–Kier alpha value is -1.52. The second-order valence-corrected chi connectivity index (χ2v) is 5.22. The minimum Gasteiger partial charge on any atom is -0.433 e. The molecule has 0 aliphatic heterocycles. The fraction of sp³-hybridized carbons (Fsp3) is 0.231. The number of hydrogen-bond acceptors (Lipinski definition) is 3. The standard InChI is InChI=1S/C13H10Cl2N2O2/c14-9-3-1-2-8(7-4-5-7)12(9)19-13-11(18)10(15)6-16-17-13/h1-3,6-7H,4-5H2,(H,16,18). The lowest BCUT2D eigenvalue weighted by Crippen LogP contribution is -2.09. The number of nitrogens with zero attached hydrogens (tertiary/aromatic N) is 1. The van der Waals surface area contributed by atoms with E-state index in [1.807, 2.05) is 12.1 Å². The number of benzene rings is 1. The molecule has 2 aromatic rings. The third kappa shape index (κ3) is 2.46. The number of rotatable bonds is 3. The molecule has 1 saturated carbocycles. The Bertz CT molecular complexity index is 681. The molecule has 1 heterocycles. The number of hydrogen-bond donors (Lipinski definition) is 1. The lowest BCUT2D eigenvalue weighted by atomic mass is 10.1. The van der Waals surface area contributed by atoms with Gasteiger partial charge in [0.05, 0.1) is 5.02 Å². The summed E-state index contributed by atoms with van der Waals surface area (Å²) in [5.74, 6) is 0.849. The number of H-pyrrole nitrogens is 1. The lowest BCUT2D eigenvalue weighted by molar-refractivity contribution is 0.445. The summed E-state index contributed by atoms with van der Waals surface area (Å²) in [5, 5.41) is 6.81. The summed E-state index contributed by atoms with van der Waals surface area (Å²) in [6, 6.07) is 5.55. The van der Waals surface area contributed by atoms with Crippen LogP contribution in [0.1, 0.15) is 24.3 Å². The van der Waals surface area contributed by atoms with Gasteiger partial charge in [-0.15, -0.1) is 5.10 Å². The van der Waals surface area contributed by atoms with E-state index in [9.17, 15) is 4.79 Å². The van der Waals surface area contributed by atoms with Crippen molar-refractivity contribution in [2.45, 2.75) is 18.8 Å². The monoisotopic (exact) mass is 296 g/mol. The normalized spacial score (nSPS) is 14.4. The predicted octanol–water partition coefficient (Wildman–Crippen LogP) is 3.75. The molecule has 1 aromatic carbocycles. The van der Waals surface area contributed by atoms with Gasteiger partial charge < -0.3 is 4.74 Å². The number of aromatic amines is 1. The minimum atomic E-state index is -0.456. The maximum atomic E-state index is 11.8. The van der Waals surface area contributed by atoms with E-state index in [-0.39, 0.29) is 10.9 Å². The first-order chi connectivity index (χ1) is 9.16. The predicted molar refractivity (Wildman–Crippen MR) is 73.4 cm³/mol. The molecule has 19 heavy (non-hydrogen) atoms. The molecule has 98 valence electrons. The second-order valence-electron chi connectivity index (χ2n) is 4.40. The molecular weight excluding hydrogens is 287 g/mol. The topological polar surface area (TPSA) is 55.0 Å². The molecule has 1 aliphatic carbocycles. The van der Waals surface area contributed by atoms with Crippen molar-refractivity contribution in [2.24, 2.45) is 0 Å². The molecule has 0 bridgehead atoms. The van der Waals surface area contributed by atoms with Gasteiger partial charge in [0, 0.05) is 6.20 Å². The largest absolute Gasteiger partial charge is 0.433 e. The van der Waals surface area contributed by atoms with Gasteiger partial charge in [-0.3, -0.25) is 9.89 Å². The first-order valence-corrected chi connectivity index (χ1v) is 6.62. The Kier molecular flexibility index (Phi) is 3.21. The van der Waals surface area contributed by atoms with E-state index in [4.69, 9.17) is 27.9 Å². The van der Waals surface area contributed by atoms with E-state index in [0.717, 1.165) is 18.4 Å². The number of nitrogens with one attached hydrogen (secondary N) is 1. The number of para-hydroxylation sites is 1. The molecule has 0 saturated heterocycles. The third-order valence-electron chi connectivity index (χ3n) is 2.98. The molecule has 1 aliphatic rings. The van der Waals surface area contributed by atoms with Gasteiger partial charge in [0.1, 0.15) is 5.02 Å². The van der Waals surface area contributed by atoms with Crippen molar-refractivity contribution < 1.29 is 4.74 Å². The van der Waals surface area contributed by atoms with Crippen LogP contribution in [0.5, 0.6) is 11.6 Å². The molecule has 0 atom stereocenters. The van der Waals surface area contributed by atoms with Crippen molar-refractivity contribution in [3.63, 3.8) is 0 Å². The zero-order valence-electron chi connectivity index (χ0n) is 9.82. The molecule has 6 heteroatoms. The maximum absolute atomic E-state index is 11.8. The van der Waals surface area contributed by atoms with E-state index in [0.29, 0.717) is 16.7 Å². The van der Waals surface area contributed by atoms with Gasteiger partial charge >= 0.3 is 0 Å². The molecule has 0 unspecified atom stereocenters. The van der Waals surface area contributed by atoms with Crippen molar-refractivity contribution in [1.82, 2.24) is 10.2 Å². The van der Waals surface area contributed by atoms with Gasteiger partial charge in [0.2, 0.25) is 0 Å². The smallest absolute Gasteiger partial charge is 0.286 e. The first kappa shape index (κ1) is 12.5. The van der Waals surface area contributed by atoms with E-state index >= 15 is 0 Å². The van der Waals surface area contributed by atoms with Crippen LogP contribution in [-0.2, 0) is 0 Å². The van der Waals surface area contributed by atoms with Crippen LogP contribution in [0.4, 0.5) is 0 Å². The fourth-order valence-corrected chi connectivity index (χ4v) is 2.23. The van der Waals surface area contributed by atoms with Crippen molar-refractivity contribution >= 4 is 23.2 Å². The highest BCUT2D eigenvalue weighted by Crippen LogP contribution is 2.47. The summed E-state index contributed by atoms with van der Waals surface area (Å²) in [7, 11) is 0. The molecule has 1 N–H and O–H groups in total. The third-order valence-corrected chi connectivity index (χ3v) is 3.56. The molecular formula is C13H10Cl2N2O2. The van der Waals surface area contributed by atoms with Gasteiger partial charge in [0.25, 0.3) is 11.3 Å². The van der Waals surface area contributed by atoms with E-state index < -0.39 is 5.43 Å². The molecule has 0 amide bonds. The van der Waals surface area contributed by atoms with Crippen LogP contribution in [0.25, 0.3) is 0 Å².